The van der Waals surface area contributed by atoms with Gasteiger partial charge in [0, 0.05) is 22.5 Å². The predicted octanol–water partition coefficient (Wildman–Crippen LogP) is 3.85. The van der Waals surface area contributed by atoms with E-state index in [0.29, 0.717) is 12.5 Å². The van der Waals surface area contributed by atoms with Gasteiger partial charge in [-0.1, -0.05) is 18.6 Å². The molecule has 1 amide bonds. The third kappa shape index (κ3) is 4.10. The lowest BCUT2D eigenvalue weighted by Gasteiger charge is -2.17. The molecular formula is C17H22ClN3OS. The van der Waals surface area contributed by atoms with Crippen LogP contribution >= 0.6 is 23.7 Å². The fraction of sp³-hybridized carbons (Fsp3) is 0.412. The van der Waals surface area contributed by atoms with Crippen molar-refractivity contribution >= 4 is 35.3 Å². The molecule has 1 aromatic heterocycles. The first-order valence-electron chi connectivity index (χ1n) is 7.71. The molecule has 0 aliphatic heterocycles. The van der Waals surface area contributed by atoms with Gasteiger partial charge in [-0.2, -0.15) is 0 Å². The average molecular weight is 352 g/mol. The second kappa shape index (κ2) is 7.90. The molecule has 0 saturated heterocycles. The van der Waals surface area contributed by atoms with Crippen LogP contribution in [0.4, 0.5) is 5.69 Å². The fourth-order valence-electron chi connectivity index (χ4n) is 3.15. The van der Waals surface area contributed by atoms with E-state index in [1.54, 1.807) is 11.3 Å². The molecule has 1 aliphatic carbocycles. The maximum absolute atomic E-state index is 12.5. The lowest BCUT2D eigenvalue weighted by Crippen LogP contribution is -2.29. The Morgan fingerprint density at radius 2 is 2.26 bits per heavy atom. The SMILES string of the molecule is Cc1nc(-c2cccc(NC(=O)[C@@H]3CCC[C@@H]3CN)c2)cs1.Cl. The highest BCUT2D eigenvalue weighted by Gasteiger charge is 2.31. The van der Waals surface area contributed by atoms with Crippen LogP contribution in [-0.2, 0) is 4.79 Å². The highest BCUT2D eigenvalue weighted by molar-refractivity contribution is 7.09. The normalized spacial score (nSPS) is 20.1. The molecule has 3 rings (SSSR count). The number of hydrogen-bond acceptors (Lipinski definition) is 4. The molecule has 4 nitrogen and oxygen atoms in total. The van der Waals surface area contributed by atoms with Gasteiger partial charge in [0.15, 0.2) is 0 Å². The molecule has 0 spiro atoms. The number of carbonyl (C=O) groups is 1. The van der Waals surface area contributed by atoms with E-state index < -0.39 is 0 Å². The Bertz CT molecular complexity index is 673. The summed E-state index contributed by atoms with van der Waals surface area (Å²) >= 11 is 1.63. The number of anilines is 1. The number of nitrogens with zero attached hydrogens (tertiary/aromatic N) is 1. The minimum absolute atomic E-state index is 0. The van der Waals surface area contributed by atoms with Gasteiger partial charge >= 0.3 is 0 Å². The topological polar surface area (TPSA) is 68.0 Å². The molecule has 1 saturated carbocycles. The number of rotatable bonds is 4. The highest BCUT2D eigenvalue weighted by Crippen LogP contribution is 2.32. The Hall–Kier alpha value is -1.43. The lowest BCUT2D eigenvalue weighted by atomic mass is 9.95. The van der Waals surface area contributed by atoms with Crippen LogP contribution in [0.1, 0.15) is 24.3 Å². The van der Waals surface area contributed by atoms with Crippen LogP contribution in [0.5, 0.6) is 0 Å². The van der Waals surface area contributed by atoms with Crippen molar-refractivity contribution in [3.05, 3.63) is 34.7 Å². The van der Waals surface area contributed by atoms with Gasteiger partial charge in [0.25, 0.3) is 0 Å². The number of amides is 1. The molecule has 124 valence electrons. The standard InChI is InChI=1S/C17H21N3OS.ClH/c1-11-19-16(10-22-11)12-4-2-6-14(8-12)20-17(21)15-7-3-5-13(15)9-18;/h2,4,6,8,10,13,15H,3,5,7,9,18H2,1H3,(H,20,21);1H/t13-,15-;/m1./s1. The van der Waals surface area contributed by atoms with E-state index in [4.69, 9.17) is 5.73 Å². The molecule has 0 radical (unpaired) electrons. The summed E-state index contributed by atoms with van der Waals surface area (Å²) < 4.78 is 0. The van der Waals surface area contributed by atoms with Crippen LogP contribution in [0.2, 0.25) is 0 Å². The van der Waals surface area contributed by atoms with Crippen LogP contribution in [-0.4, -0.2) is 17.4 Å². The van der Waals surface area contributed by atoms with E-state index in [1.807, 2.05) is 36.6 Å². The molecule has 1 fully saturated rings. The monoisotopic (exact) mass is 351 g/mol. The van der Waals surface area contributed by atoms with Crippen LogP contribution in [0.15, 0.2) is 29.6 Å². The summed E-state index contributed by atoms with van der Waals surface area (Å²) in [5.74, 6) is 0.471. The number of halogens is 1. The highest BCUT2D eigenvalue weighted by atomic mass is 35.5. The summed E-state index contributed by atoms with van der Waals surface area (Å²) in [6, 6.07) is 7.88. The molecule has 0 unspecified atom stereocenters. The van der Waals surface area contributed by atoms with Gasteiger partial charge in [-0.05, 0) is 44.4 Å². The maximum atomic E-state index is 12.5. The van der Waals surface area contributed by atoms with Crippen molar-refractivity contribution in [2.45, 2.75) is 26.2 Å². The number of nitrogens with one attached hydrogen (secondary N) is 1. The molecule has 23 heavy (non-hydrogen) atoms. The van der Waals surface area contributed by atoms with E-state index >= 15 is 0 Å². The van der Waals surface area contributed by atoms with E-state index in [0.717, 1.165) is 41.2 Å². The van der Waals surface area contributed by atoms with Crippen LogP contribution in [0, 0.1) is 18.8 Å². The average Bonchev–Trinajstić information content (AvgIpc) is 3.16. The largest absolute Gasteiger partial charge is 0.330 e. The zero-order valence-electron chi connectivity index (χ0n) is 13.1. The van der Waals surface area contributed by atoms with Crippen molar-refractivity contribution in [3.63, 3.8) is 0 Å². The zero-order chi connectivity index (χ0) is 15.5. The minimum atomic E-state index is 0. The Morgan fingerprint density at radius 1 is 1.43 bits per heavy atom. The zero-order valence-corrected chi connectivity index (χ0v) is 14.8. The summed E-state index contributed by atoms with van der Waals surface area (Å²) in [5.41, 5.74) is 8.59. The third-order valence-electron chi connectivity index (χ3n) is 4.34. The first-order valence-corrected chi connectivity index (χ1v) is 8.59. The molecule has 2 atom stereocenters. The molecule has 1 aliphatic rings. The first kappa shape index (κ1) is 17.9. The summed E-state index contributed by atoms with van der Waals surface area (Å²) in [6.07, 6.45) is 3.10. The number of hydrogen-bond donors (Lipinski definition) is 2. The molecular weight excluding hydrogens is 330 g/mol. The van der Waals surface area contributed by atoms with Crippen molar-refractivity contribution in [1.82, 2.24) is 4.98 Å². The Labute approximate surface area is 146 Å². The molecule has 0 bridgehead atoms. The maximum Gasteiger partial charge on any atom is 0.227 e. The van der Waals surface area contributed by atoms with E-state index in [-0.39, 0.29) is 24.2 Å². The van der Waals surface area contributed by atoms with Gasteiger partial charge in [0.2, 0.25) is 5.91 Å². The summed E-state index contributed by atoms with van der Waals surface area (Å²) in [5, 5.41) is 6.13. The van der Waals surface area contributed by atoms with Crippen molar-refractivity contribution in [2.75, 3.05) is 11.9 Å². The smallest absolute Gasteiger partial charge is 0.227 e. The second-order valence-corrected chi connectivity index (χ2v) is 6.92. The van der Waals surface area contributed by atoms with Crippen molar-refractivity contribution in [1.29, 1.82) is 0 Å². The first-order chi connectivity index (χ1) is 10.7. The molecule has 2 aromatic rings. The minimum Gasteiger partial charge on any atom is -0.330 e. The Kier molecular flexibility index (Phi) is 6.16. The van der Waals surface area contributed by atoms with E-state index in [2.05, 4.69) is 10.3 Å². The predicted molar refractivity (Wildman–Crippen MR) is 98.1 cm³/mol. The molecule has 1 heterocycles. The molecule has 3 N–H and O–H groups in total. The van der Waals surface area contributed by atoms with Crippen LogP contribution in [0.3, 0.4) is 0 Å². The van der Waals surface area contributed by atoms with Crippen molar-refractivity contribution < 1.29 is 4.79 Å². The number of carbonyl (C=O) groups excluding carboxylic acids is 1. The fourth-order valence-corrected chi connectivity index (χ4v) is 3.77. The number of thiazole rings is 1. The number of aryl methyl sites for hydroxylation is 1. The lowest BCUT2D eigenvalue weighted by molar-refractivity contribution is -0.120. The van der Waals surface area contributed by atoms with Gasteiger partial charge in [0.1, 0.15) is 0 Å². The quantitative estimate of drug-likeness (QED) is 0.879. The Morgan fingerprint density at radius 3 is 2.96 bits per heavy atom. The Balaban J connectivity index is 0.00000192. The van der Waals surface area contributed by atoms with Gasteiger partial charge in [-0.3, -0.25) is 4.79 Å². The second-order valence-electron chi connectivity index (χ2n) is 5.85. The van der Waals surface area contributed by atoms with Crippen LogP contribution in [0.25, 0.3) is 11.3 Å². The summed E-state index contributed by atoms with van der Waals surface area (Å²) in [4.78, 5) is 16.9. The van der Waals surface area contributed by atoms with Crippen molar-refractivity contribution in [2.24, 2.45) is 17.6 Å². The van der Waals surface area contributed by atoms with Gasteiger partial charge < -0.3 is 11.1 Å². The number of benzene rings is 1. The molecule has 6 heteroatoms. The third-order valence-corrected chi connectivity index (χ3v) is 5.12. The summed E-state index contributed by atoms with van der Waals surface area (Å²) in [6.45, 7) is 2.59. The van der Waals surface area contributed by atoms with E-state index in [1.165, 1.54) is 0 Å². The van der Waals surface area contributed by atoms with E-state index in [9.17, 15) is 4.79 Å². The number of nitrogens with two attached hydrogens (primary N) is 1. The van der Waals surface area contributed by atoms with Crippen molar-refractivity contribution in [3.8, 4) is 11.3 Å². The van der Waals surface area contributed by atoms with Gasteiger partial charge in [-0.25, -0.2) is 4.98 Å². The summed E-state index contributed by atoms with van der Waals surface area (Å²) in [7, 11) is 0. The molecule has 1 aromatic carbocycles. The van der Waals surface area contributed by atoms with Gasteiger partial charge in [-0.15, -0.1) is 23.7 Å². The number of aromatic nitrogens is 1. The van der Waals surface area contributed by atoms with Crippen LogP contribution < -0.4 is 11.1 Å². The van der Waals surface area contributed by atoms with Gasteiger partial charge in [0.05, 0.1) is 10.7 Å².